The molecule has 0 radical (unpaired) electrons. The van der Waals surface area contributed by atoms with Gasteiger partial charge in [-0.15, -0.1) is 24.0 Å². The summed E-state index contributed by atoms with van der Waals surface area (Å²) in [5.41, 5.74) is 1.22. The Hall–Kier alpha value is -1.81. The summed E-state index contributed by atoms with van der Waals surface area (Å²) in [4.78, 5) is 7.51. The number of rotatable bonds is 10. The number of guanidine groups is 1. The Labute approximate surface area is 203 Å². The van der Waals surface area contributed by atoms with E-state index >= 15 is 0 Å². The van der Waals surface area contributed by atoms with Gasteiger partial charge in [0.25, 0.3) is 0 Å². The number of aryl methyl sites for hydroxylation is 1. The van der Waals surface area contributed by atoms with Crippen LogP contribution in [0.4, 0.5) is 0 Å². The Bertz CT molecular complexity index is 761. The van der Waals surface area contributed by atoms with Crippen LogP contribution in [0.5, 0.6) is 5.75 Å². The van der Waals surface area contributed by atoms with Crippen molar-refractivity contribution in [3.63, 3.8) is 0 Å². The fourth-order valence-corrected chi connectivity index (χ4v) is 3.98. The molecule has 0 amide bonds. The molecule has 8 heteroatoms. The Morgan fingerprint density at radius 3 is 2.68 bits per heavy atom. The Kier molecular flexibility index (Phi) is 11.7. The van der Waals surface area contributed by atoms with E-state index in [1.807, 2.05) is 29.2 Å². The molecule has 1 fully saturated rings. The number of nitrogens with zero attached hydrogens (tertiary/aromatic N) is 4. The maximum absolute atomic E-state index is 5.67. The minimum atomic E-state index is 0. The van der Waals surface area contributed by atoms with Crippen molar-refractivity contribution < 1.29 is 4.74 Å². The fourth-order valence-electron chi connectivity index (χ4n) is 3.98. The molecule has 1 aromatic heterocycles. The molecular formula is C23H37IN6O. The maximum atomic E-state index is 5.67. The number of halogens is 1. The first-order valence-corrected chi connectivity index (χ1v) is 11.2. The van der Waals surface area contributed by atoms with Crippen molar-refractivity contribution in [3.8, 4) is 5.75 Å². The monoisotopic (exact) mass is 540 g/mol. The van der Waals surface area contributed by atoms with Gasteiger partial charge in [0, 0.05) is 37.6 Å². The minimum absolute atomic E-state index is 0. The average Bonchev–Trinajstić information content (AvgIpc) is 3.31. The molecule has 1 atom stereocenters. The highest BCUT2D eigenvalue weighted by Crippen LogP contribution is 2.31. The second kappa shape index (κ2) is 14.3. The van der Waals surface area contributed by atoms with Gasteiger partial charge in [0.05, 0.1) is 19.7 Å². The van der Waals surface area contributed by atoms with Crippen LogP contribution in [0.1, 0.15) is 44.2 Å². The summed E-state index contributed by atoms with van der Waals surface area (Å²) in [7, 11) is 1.75. The minimum Gasteiger partial charge on any atom is -0.496 e. The van der Waals surface area contributed by atoms with Crippen LogP contribution in [0.25, 0.3) is 0 Å². The molecule has 0 saturated carbocycles. The first kappa shape index (κ1) is 25.5. The molecule has 172 valence electrons. The van der Waals surface area contributed by atoms with E-state index < -0.39 is 0 Å². The number of benzene rings is 1. The molecule has 2 N–H and O–H groups in total. The normalized spacial score (nSPS) is 15.7. The molecule has 1 saturated heterocycles. The van der Waals surface area contributed by atoms with Crippen molar-refractivity contribution in [1.29, 1.82) is 0 Å². The quantitative estimate of drug-likeness (QED) is 0.208. The summed E-state index contributed by atoms with van der Waals surface area (Å²) in [5.74, 6) is 1.82. The molecule has 3 rings (SSSR count). The molecule has 1 aliphatic heterocycles. The van der Waals surface area contributed by atoms with Gasteiger partial charge < -0.3 is 15.4 Å². The van der Waals surface area contributed by atoms with E-state index in [0.717, 1.165) is 50.9 Å². The molecule has 31 heavy (non-hydrogen) atoms. The van der Waals surface area contributed by atoms with Crippen molar-refractivity contribution in [1.82, 2.24) is 25.3 Å². The van der Waals surface area contributed by atoms with Gasteiger partial charge in [0.1, 0.15) is 5.75 Å². The zero-order valence-corrected chi connectivity index (χ0v) is 21.1. The third kappa shape index (κ3) is 7.99. The summed E-state index contributed by atoms with van der Waals surface area (Å²) in [6, 6.07) is 10.5. The van der Waals surface area contributed by atoms with Crippen molar-refractivity contribution in [2.45, 2.75) is 45.2 Å². The third-order valence-electron chi connectivity index (χ3n) is 5.51. The van der Waals surface area contributed by atoms with E-state index in [2.05, 4.69) is 45.8 Å². The van der Waals surface area contributed by atoms with Crippen molar-refractivity contribution in [3.05, 3.63) is 48.3 Å². The lowest BCUT2D eigenvalue weighted by Crippen LogP contribution is -2.40. The number of para-hydroxylation sites is 1. The molecule has 2 aromatic rings. The number of nitrogens with one attached hydrogen (secondary N) is 2. The molecule has 2 heterocycles. The number of hydrogen-bond acceptors (Lipinski definition) is 4. The SMILES string of the molecule is CCNC(=NCC(c1ccccc1OC)N1CCCCC1)NCCCn1cccn1.I. The Morgan fingerprint density at radius 2 is 1.97 bits per heavy atom. The highest BCUT2D eigenvalue weighted by Gasteiger charge is 2.24. The Morgan fingerprint density at radius 1 is 1.16 bits per heavy atom. The standard InChI is InChI=1S/C23H36N6O.HI/c1-3-24-23(25-13-9-17-29-18-10-14-27-29)26-19-21(28-15-7-4-8-16-28)20-11-5-6-12-22(20)30-2;/h5-6,10-12,14,18,21H,3-4,7-9,13,15-17,19H2,1-2H3,(H2,24,25,26);1H. The summed E-state index contributed by atoms with van der Waals surface area (Å²) >= 11 is 0. The van der Waals surface area contributed by atoms with Crippen LogP contribution < -0.4 is 15.4 Å². The van der Waals surface area contributed by atoms with Gasteiger partial charge in [-0.05, 0) is 51.4 Å². The van der Waals surface area contributed by atoms with Crippen LogP contribution in [0.2, 0.25) is 0 Å². The average molecular weight is 540 g/mol. The molecule has 0 bridgehead atoms. The second-order valence-corrected chi connectivity index (χ2v) is 7.62. The van der Waals surface area contributed by atoms with Crippen LogP contribution in [-0.4, -0.2) is 60.5 Å². The van der Waals surface area contributed by atoms with Crippen LogP contribution in [-0.2, 0) is 6.54 Å². The molecular weight excluding hydrogens is 503 g/mol. The summed E-state index contributed by atoms with van der Waals surface area (Å²) in [6.07, 6.45) is 8.63. The first-order valence-electron chi connectivity index (χ1n) is 11.2. The van der Waals surface area contributed by atoms with E-state index in [-0.39, 0.29) is 30.0 Å². The molecule has 0 spiro atoms. The zero-order chi connectivity index (χ0) is 21.0. The predicted molar refractivity (Wildman–Crippen MR) is 137 cm³/mol. The summed E-state index contributed by atoms with van der Waals surface area (Å²) in [5, 5.41) is 11.1. The van der Waals surface area contributed by atoms with E-state index in [9.17, 15) is 0 Å². The van der Waals surface area contributed by atoms with E-state index in [1.165, 1.54) is 24.8 Å². The van der Waals surface area contributed by atoms with Gasteiger partial charge in [0.15, 0.2) is 5.96 Å². The van der Waals surface area contributed by atoms with Gasteiger partial charge in [-0.2, -0.15) is 5.10 Å². The Balaban J connectivity index is 0.00000341. The first-order chi connectivity index (χ1) is 14.8. The number of aromatic nitrogens is 2. The third-order valence-corrected chi connectivity index (χ3v) is 5.51. The summed E-state index contributed by atoms with van der Waals surface area (Å²) < 4.78 is 7.63. The van der Waals surface area contributed by atoms with Crippen LogP contribution in [0.3, 0.4) is 0 Å². The second-order valence-electron chi connectivity index (χ2n) is 7.62. The smallest absolute Gasteiger partial charge is 0.191 e. The lowest BCUT2D eigenvalue weighted by molar-refractivity contribution is 0.165. The van der Waals surface area contributed by atoms with Gasteiger partial charge in [-0.1, -0.05) is 24.6 Å². The van der Waals surface area contributed by atoms with Gasteiger partial charge >= 0.3 is 0 Å². The molecule has 1 aromatic carbocycles. The van der Waals surface area contributed by atoms with Crippen molar-refractivity contribution >= 4 is 29.9 Å². The highest BCUT2D eigenvalue weighted by atomic mass is 127. The molecule has 1 aliphatic rings. The molecule has 7 nitrogen and oxygen atoms in total. The largest absolute Gasteiger partial charge is 0.496 e. The number of aliphatic imine (C=N–C) groups is 1. The number of likely N-dealkylation sites (tertiary alicyclic amines) is 1. The number of ether oxygens (including phenoxy) is 1. The zero-order valence-electron chi connectivity index (χ0n) is 18.8. The van der Waals surface area contributed by atoms with Crippen LogP contribution in [0, 0.1) is 0 Å². The van der Waals surface area contributed by atoms with E-state index in [1.54, 1.807) is 7.11 Å². The van der Waals surface area contributed by atoms with Crippen LogP contribution >= 0.6 is 24.0 Å². The lowest BCUT2D eigenvalue weighted by atomic mass is 10.0. The number of methoxy groups -OCH3 is 1. The van der Waals surface area contributed by atoms with E-state index in [4.69, 9.17) is 9.73 Å². The summed E-state index contributed by atoms with van der Waals surface area (Å²) in [6.45, 7) is 7.63. The highest BCUT2D eigenvalue weighted by molar-refractivity contribution is 14.0. The molecule has 1 unspecified atom stereocenters. The van der Waals surface area contributed by atoms with Crippen molar-refractivity contribution in [2.75, 3.05) is 39.8 Å². The number of piperidine rings is 1. The predicted octanol–water partition coefficient (Wildman–Crippen LogP) is 3.68. The van der Waals surface area contributed by atoms with Crippen molar-refractivity contribution in [2.24, 2.45) is 4.99 Å². The van der Waals surface area contributed by atoms with Gasteiger partial charge in [-0.25, -0.2) is 0 Å². The van der Waals surface area contributed by atoms with Crippen LogP contribution in [0.15, 0.2) is 47.7 Å². The lowest BCUT2D eigenvalue weighted by Gasteiger charge is -2.34. The fraction of sp³-hybridized carbons (Fsp3) is 0.565. The number of hydrogen-bond donors (Lipinski definition) is 2. The topological polar surface area (TPSA) is 66.7 Å². The maximum Gasteiger partial charge on any atom is 0.191 e. The van der Waals surface area contributed by atoms with E-state index in [0.29, 0.717) is 6.54 Å². The van der Waals surface area contributed by atoms with Gasteiger partial charge in [0.2, 0.25) is 0 Å². The molecule has 0 aliphatic carbocycles. The van der Waals surface area contributed by atoms with Gasteiger partial charge in [-0.3, -0.25) is 14.6 Å².